The molecule has 0 radical (unpaired) electrons. The van der Waals surface area contributed by atoms with Gasteiger partial charge in [0.05, 0.1) is 12.7 Å². The molecule has 0 saturated carbocycles. The van der Waals surface area contributed by atoms with Crippen molar-refractivity contribution in [1.82, 2.24) is 10.2 Å². The van der Waals surface area contributed by atoms with E-state index in [0.29, 0.717) is 34.8 Å². The predicted molar refractivity (Wildman–Crippen MR) is 112 cm³/mol. The Hall–Kier alpha value is -3.32. The minimum Gasteiger partial charge on any atom is -0.497 e. The second kappa shape index (κ2) is 9.25. The van der Waals surface area contributed by atoms with E-state index in [2.05, 4.69) is 5.32 Å². The van der Waals surface area contributed by atoms with E-state index in [9.17, 15) is 9.59 Å². The third-order valence-electron chi connectivity index (χ3n) is 4.36. The Morgan fingerprint density at radius 3 is 2.48 bits per heavy atom. The maximum atomic E-state index is 12.4. The summed E-state index contributed by atoms with van der Waals surface area (Å²) in [5, 5.41) is 3.56. The monoisotopic (exact) mass is 396 g/mol. The van der Waals surface area contributed by atoms with Crippen LogP contribution in [0.5, 0.6) is 11.5 Å². The van der Waals surface area contributed by atoms with Crippen molar-refractivity contribution < 1.29 is 18.7 Å². The third kappa shape index (κ3) is 5.36. The molecule has 3 aromatic rings. The van der Waals surface area contributed by atoms with Gasteiger partial charge in [-0.15, -0.1) is 0 Å². The Morgan fingerprint density at radius 1 is 1.07 bits per heavy atom. The van der Waals surface area contributed by atoms with Gasteiger partial charge in [-0.3, -0.25) is 4.79 Å². The number of amides is 1. The van der Waals surface area contributed by atoms with Crippen molar-refractivity contribution in [2.24, 2.45) is 0 Å². The van der Waals surface area contributed by atoms with Gasteiger partial charge in [-0.25, -0.2) is 4.79 Å². The molecule has 3 rings (SSSR count). The first-order valence-corrected chi connectivity index (χ1v) is 9.23. The molecule has 0 spiro atoms. The van der Waals surface area contributed by atoms with Crippen LogP contribution in [0.1, 0.15) is 0 Å². The lowest BCUT2D eigenvalue weighted by atomic mass is 10.1. The van der Waals surface area contributed by atoms with Crippen molar-refractivity contribution in [3.63, 3.8) is 0 Å². The largest absolute Gasteiger partial charge is 0.497 e. The van der Waals surface area contributed by atoms with Gasteiger partial charge in [0, 0.05) is 18.5 Å². The Balaban J connectivity index is 1.69. The third-order valence-corrected chi connectivity index (χ3v) is 4.36. The van der Waals surface area contributed by atoms with Gasteiger partial charge in [-0.05, 0) is 56.1 Å². The molecule has 0 atom stereocenters. The van der Waals surface area contributed by atoms with Crippen LogP contribution in [0.25, 0.3) is 22.1 Å². The first kappa shape index (κ1) is 20.4. The summed E-state index contributed by atoms with van der Waals surface area (Å²) >= 11 is 0. The number of ether oxygens (including phenoxy) is 2. The first-order valence-electron chi connectivity index (χ1n) is 9.23. The summed E-state index contributed by atoms with van der Waals surface area (Å²) in [5.74, 6) is 1.05. The molecular weight excluding hydrogens is 372 g/mol. The standard InChI is InChI=1S/C22H24N2O5/c1-24(2)11-10-23-21(25)14-28-17-6-4-15(5-7-17)19-13-16-12-18(27-3)8-9-20(16)29-22(19)26/h4-9,12-13H,10-11,14H2,1-3H3,(H,23,25). The summed E-state index contributed by atoms with van der Waals surface area (Å²) in [5.41, 5.74) is 1.22. The van der Waals surface area contributed by atoms with E-state index in [4.69, 9.17) is 13.9 Å². The van der Waals surface area contributed by atoms with Crippen LogP contribution in [0, 0.1) is 0 Å². The molecule has 1 aromatic heterocycles. The molecule has 0 bridgehead atoms. The van der Waals surface area contributed by atoms with Crippen LogP contribution in [0.15, 0.2) is 57.7 Å². The number of nitrogens with zero attached hydrogens (tertiary/aromatic N) is 1. The zero-order valence-electron chi connectivity index (χ0n) is 16.7. The minimum atomic E-state index is -0.420. The summed E-state index contributed by atoms with van der Waals surface area (Å²) < 4.78 is 16.1. The maximum absolute atomic E-state index is 12.4. The summed E-state index contributed by atoms with van der Waals surface area (Å²) in [7, 11) is 5.47. The number of carbonyl (C=O) groups is 1. The van der Waals surface area contributed by atoms with Crippen LogP contribution >= 0.6 is 0 Å². The number of hydrogen-bond acceptors (Lipinski definition) is 6. The molecule has 1 amide bonds. The number of benzene rings is 2. The molecule has 7 nitrogen and oxygen atoms in total. The molecule has 7 heteroatoms. The Morgan fingerprint density at radius 2 is 1.79 bits per heavy atom. The van der Waals surface area contributed by atoms with E-state index in [-0.39, 0.29) is 12.5 Å². The molecule has 0 saturated heterocycles. The molecule has 29 heavy (non-hydrogen) atoms. The number of methoxy groups -OCH3 is 1. The molecule has 0 aliphatic carbocycles. The smallest absolute Gasteiger partial charge is 0.344 e. The number of hydrogen-bond donors (Lipinski definition) is 1. The van der Waals surface area contributed by atoms with Crippen LogP contribution in [0.2, 0.25) is 0 Å². The minimum absolute atomic E-state index is 0.0648. The summed E-state index contributed by atoms with van der Waals surface area (Å²) in [6.45, 7) is 1.27. The number of carbonyl (C=O) groups excluding carboxylic acids is 1. The van der Waals surface area contributed by atoms with Crippen LogP contribution < -0.4 is 20.4 Å². The van der Waals surface area contributed by atoms with Crippen molar-refractivity contribution in [1.29, 1.82) is 0 Å². The Labute approximate surface area is 168 Å². The molecule has 0 aliphatic heterocycles. The highest BCUT2D eigenvalue weighted by atomic mass is 16.5. The van der Waals surface area contributed by atoms with E-state index < -0.39 is 5.63 Å². The molecule has 0 fully saturated rings. The van der Waals surface area contributed by atoms with Gasteiger partial charge in [0.2, 0.25) is 0 Å². The second-order valence-electron chi connectivity index (χ2n) is 6.82. The van der Waals surface area contributed by atoms with Crippen LogP contribution in [0.3, 0.4) is 0 Å². The highest BCUT2D eigenvalue weighted by molar-refractivity contribution is 5.83. The first-order chi connectivity index (χ1) is 14.0. The second-order valence-corrected chi connectivity index (χ2v) is 6.82. The zero-order valence-corrected chi connectivity index (χ0v) is 16.7. The number of fused-ring (bicyclic) bond motifs is 1. The van der Waals surface area contributed by atoms with E-state index >= 15 is 0 Å². The summed E-state index contributed by atoms with van der Waals surface area (Å²) in [6.07, 6.45) is 0. The van der Waals surface area contributed by atoms with Gasteiger partial charge in [0.25, 0.3) is 5.91 Å². The van der Waals surface area contributed by atoms with Gasteiger partial charge in [0.1, 0.15) is 17.1 Å². The normalized spacial score (nSPS) is 10.9. The van der Waals surface area contributed by atoms with Crippen molar-refractivity contribution in [2.45, 2.75) is 0 Å². The van der Waals surface area contributed by atoms with Gasteiger partial charge in [0.15, 0.2) is 6.61 Å². The lowest BCUT2D eigenvalue weighted by Gasteiger charge is -2.11. The van der Waals surface area contributed by atoms with Crippen LogP contribution in [-0.4, -0.2) is 51.7 Å². The average Bonchev–Trinajstić information content (AvgIpc) is 2.71. The molecule has 2 aromatic carbocycles. The van der Waals surface area contributed by atoms with Gasteiger partial charge in [-0.2, -0.15) is 0 Å². The summed E-state index contributed by atoms with van der Waals surface area (Å²) in [6, 6.07) is 14.0. The zero-order chi connectivity index (χ0) is 20.8. The van der Waals surface area contributed by atoms with Crippen molar-refractivity contribution in [3.8, 4) is 22.6 Å². The number of likely N-dealkylation sites (N-methyl/N-ethyl adjacent to an activating group) is 1. The Bertz CT molecular complexity index is 1040. The maximum Gasteiger partial charge on any atom is 0.344 e. The van der Waals surface area contributed by atoms with Gasteiger partial charge in [-0.1, -0.05) is 12.1 Å². The highest BCUT2D eigenvalue weighted by Crippen LogP contribution is 2.25. The quantitative estimate of drug-likeness (QED) is 0.590. The van der Waals surface area contributed by atoms with Crippen LogP contribution in [-0.2, 0) is 4.79 Å². The number of rotatable bonds is 8. The average molecular weight is 396 g/mol. The molecular formula is C22H24N2O5. The molecule has 152 valence electrons. The van der Waals surface area contributed by atoms with E-state index in [1.165, 1.54) is 0 Å². The topological polar surface area (TPSA) is 81.0 Å². The predicted octanol–water partition coefficient (Wildman–Crippen LogP) is 2.53. The van der Waals surface area contributed by atoms with Gasteiger partial charge < -0.3 is 24.1 Å². The highest BCUT2D eigenvalue weighted by Gasteiger charge is 2.09. The SMILES string of the molecule is COc1ccc2oc(=O)c(-c3ccc(OCC(=O)NCCN(C)C)cc3)cc2c1. The van der Waals surface area contributed by atoms with Crippen molar-refractivity contribution in [2.75, 3.05) is 40.9 Å². The Kier molecular flexibility index (Phi) is 6.51. The van der Waals surface area contributed by atoms with Crippen LogP contribution in [0.4, 0.5) is 0 Å². The fourth-order valence-corrected chi connectivity index (χ4v) is 2.78. The lowest BCUT2D eigenvalue weighted by molar-refractivity contribution is -0.123. The molecule has 1 N–H and O–H groups in total. The lowest BCUT2D eigenvalue weighted by Crippen LogP contribution is -2.34. The fraction of sp³-hybridized carbons (Fsp3) is 0.273. The van der Waals surface area contributed by atoms with Crippen molar-refractivity contribution in [3.05, 3.63) is 59.0 Å². The van der Waals surface area contributed by atoms with E-state index in [1.54, 1.807) is 49.6 Å². The summed E-state index contributed by atoms with van der Waals surface area (Å²) in [4.78, 5) is 26.1. The molecule has 0 aliphatic rings. The van der Waals surface area contributed by atoms with Gasteiger partial charge >= 0.3 is 5.63 Å². The number of nitrogens with one attached hydrogen (secondary N) is 1. The van der Waals surface area contributed by atoms with E-state index in [1.807, 2.05) is 25.1 Å². The van der Waals surface area contributed by atoms with Crippen molar-refractivity contribution >= 4 is 16.9 Å². The molecule has 1 heterocycles. The van der Waals surface area contributed by atoms with E-state index in [0.717, 1.165) is 11.9 Å². The fourth-order valence-electron chi connectivity index (χ4n) is 2.78. The molecule has 0 unspecified atom stereocenters.